The molecule has 0 fully saturated rings. The molecule has 0 amide bonds. The predicted molar refractivity (Wildman–Crippen MR) is 84.4 cm³/mol. The van der Waals surface area contributed by atoms with Gasteiger partial charge in [-0.05, 0) is 41.1 Å². The lowest BCUT2D eigenvalue weighted by Crippen LogP contribution is -2.29. The Kier molecular flexibility index (Phi) is 3.83. The van der Waals surface area contributed by atoms with Gasteiger partial charge in [0.05, 0.1) is 0 Å². The second-order valence-corrected chi connectivity index (χ2v) is 6.45. The smallest absolute Gasteiger partial charge is 0.133 e. The lowest BCUT2D eigenvalue weighted by molar-refractivity contribution is 0.247. The number of rotatable bonds is 3. The van der Waals surface area contributed by atoms with Gasteiger partial charge >= 0.3 is 0 Å². The molecule has 5 heteroatoms. The molecule has 1 aromatic carbocycles. The highest BCUT2D eigenvalue weighted by Crippen LogP contribution is 2.25. The maximum Gasteiger partial charge on any atom is 0.133 e. The zero-order valence-electron chi connectivity index (χ0n) is 10.9. The van der Waals surface area contributed by atoms with Crippen LogP contribution in [0.4, 0.5) is 4.39 Å². The van der Waals surface area contributed by atoms with E-state index in [1.54, 1.807) is 12.1 Å². The average molecular weight is 306 g/mol. The molecule has 0 saturated carbocycles. The summed E-state index contributed by atoms with van der Waals surface area (Å²) < 4.78 is 13.6. The van der Waals surface area contributed by atoms with E-state index in [0.29, 0.717) is 5.56 Å². The summed E-state index contributed by atoms with van der Waals surface area (Å²) in [5.74, 6) is -0.347. The van der Waals surface area contributed by atoms with Gasteiger partial charge in [0.2, 0.25) is 0 Å². The highest BCUT2D eigenvalue weighted by atomic mass is 32.1. The van der Waals surface area contributed by atoms with Crippen molar-refractivity contribution in [2.24, 2.45) is 5.73 Å². The third kappa shape index (κ3) is 2.75. The van der Waals surface area contributed by atoms with Crippen LogP contribution in [0.2, 0.25) is 0 Å². The normalized spacial score (nSPS) is 15.1. The van der Waals surface area contributed by atoms with Crippen molar-refractivity contribution in [3.63, 3.8) is 0 Å². The van der Waals surface area contributed by atoms with E-state index in [9.17, 15) is 4.39 Å². The number of hydrogen-bond acceptors (Lipinski definition) is 3. The van der Waals surface area contributed by atoms with Gasteiger partial charge in [-0.2, -0.15) is 0 Å². The molecule has 1 aliphatic rings. The number of halogens is 1. The molecular formula is C15H15FN2S2. The van der Waals surface area contributed by atoms with Crippen LogP contribution in [0.25, 0.3) is 0 Å². The molecule has 2 N–H and O–H groups in total. The Hall–Kier alpha value is -1.30. The van der Waals surface area contributed by atoms with Gasteiger partial charge in [0.15, 0.2) is 0 Å². The minimum absolute atomic E-state index is 0.114. The van der Waals surface area contributed by atoms with Crippen LogP contribution in [-0.4, -0.2) is 16.4 Å². The number of nitrogens with zero attached hydrogens (tertiary/aromatic N) is 1. The van der Waals surface area contributed by atoms with Crippen molar-refractivity contribution in [2.75, 3.05) is 6.54 Å². The minimum atomic E-state index is -0.347. The number of hydrogen-bond donors (Lipinski definition) is 1. The van der Waals surface area contributed by atoms with Gasteiger partial charge in [-0.15, -0.1) is 11.3 Å². The number of benzene rings is 1. The summed E-state index contributed by atoms with van der Waals surface area (Å²) in [5, 5.41) is 2.15. The van der Waals surface area contributed by atoms with Crippen LogP contribution in [-0.2, 0) is 19.5 Å². The van der Waals surface area contributed by atoms with Gasteiger partial charge in [-0.1, -0.05) is 18.3 Å². The van der Waals surface area contributed by atoms with Crippen LogP contribution < -0.4 is 5.73 Å². The fourth-order valence-electron chi connectivity index (χ4n) is 2.56. The molecule has 0 atom stereocenters. The van der Waals surface area contributed by atoms with Gasteiger partial charge in [-0.25, -0.2) is 4.39 Å². The molecule has 20 heavy (non-hydrogen) atoms. The third-order valence-electron chi connectivity index (χ3n) is 3.59. The van der Waals surface area contributed by atoms with E-state index in [1.807, 2.05) is 11.3 Å². The van der Waals surface area contributed by atoms with Crippen molar-refractivity contribution in [1.82, 2.24) is 4.90 Å². The first-order valence-corrected chi connectivity index (χ1v) is 7.78. The third-order valence-corrected chi connectivity index (χ3v) is 4.83. The molecule has 1 aliphatic heterocycles. The summed E-state index contributed by atoms with van der Waals surface area (Å²) in [4.78, 5) is 3.97. The van der Waals surface area contributed by atoms with E-state index in [1.165, 1.54) is 16.5 Å². The lowest BCUT2D eigenvalue weighted by Gasteiger charge is -2.27. The molecule has 0 unspecified atom stereocenters. The summed E-state index contributed by atoms with van der Waals surface area (Å²) in [6.45, 7) is 2.79. The number of nitrogens with two attached hydrogens (primary N) is 1. The summed E-state index contributed by atoms with van der Waals surface area (Å²) in [6.07, 6.45) is 1.09. The van der Waals surface area contributed by atoms with E-state index in [4.69, 9.17) is 18.0 Å². The maximum atomic E-state index is 13.6. The van der Waals surface area contributed by atoms with Crippen LogP contribution in [0.5, 0.6) is 0 Å². The second kappa shape index (κ2) is 5.60. The largest absolute Gasteiger partial charge is 0.389 e. The summed E-state index contributed by atoms with van der Waals surface area (Å²) in [7, 11) is 0. The highest BCUT2D eigenvalue weighted by Gasteiger charge is 2.17. The van der Waals surface area contributed by atoms with Gasteiger partial charge < -0.3 is 5.73 Å². The van der Waals surface area contributed by atoms with Crippen molar-refractivity contribution in [1.29, 1.82) is 0 Å². The molecule has 2 aromatic rings. The molecule has 0 aliphatic carbocycles. The number of fused-ring (bicyclic) bond motifs is 1. The quantitative estimate of drug-likeness (QED) is 0.884. The SMILES string of the molecule is NC(=S)c1cc(CN2CCc3sccc3C2)ccc1F. The first kappa shape index (κ1) is 13.7. The highest BCUT2D eigenvalue weighted by molar-refractivity contribution is 7.80. The van der Waals surface area contributed by atoms with Crippen molar-refractivity contribution >= 4 is 28.5 Å². The van der Waals surface area contributed by atoms with Gasteiger partial charge in [0.1, 0.15) is 10.8 Å². The summed E-state index contributed by atoms with van der Waals surface area (Å²) >= 11 is 6.71. The molecule has 0 spiro atoms. The zero-order chi connectivity index (χ0) is 14.1. The maximum absolute atomic E-state index is 13.6. The van der Waals surface area contributed by atoms with Gasteiger partial charge in [0, 0.05) is 30.1 Å². The Bertz CT molecular complexity index is 651. The monoisotopic (exact) mass is 306 g/mol. The predicted octanol–water partition coefficient (Wildman–Crippen LogP) is 3.08. The van der Waals surface area contributed by atoms with Crippen molar-refractivity contribution in [3.05, 3.63) is 57.0 Å². The Labute approximate surface area is 127 Å². The van der Waals surface area contributed by atoms with E-state index in [0.717, 1.165) is 31.6 Å². The van der Waals surface area contributed by atoms with Crippen molar-refractivity contribution in [3.8, 4) is 0 Å². The summed E-state index contributed by atoms with van der Waals surface area (Å²) in [6, 6.07) is 7.21. The molecule has 0 radical (unpaired) electrons. The van der Waals surface area contributed by atoms with Crippen LogP contribution in [0.1, 0.15) is 21.6 Å². The summed E-state index contributed by atoms with van der Waals surface area (Å²) in [5.41, 5.74) is 8.35. The van der Waals surface area contributed by atoms with Crippen LogP contribution in [0.3, 0.4) is 0 Å². The van der Waals surface area contributed by atoms with E-state index in [2.05, 4.69) is 16.3 Å². The number of thiocarbonyl (C=S) groups is 1. The van der Waals surface area contributed by atoms with Crippen LogP contribution >= 0.6 is 23.6 Å². The molecule has 0 bridgehead atoms. The van der Waals surface area contributed by atoms with E-state index in [-0.39, 0.29) is 10.8 Å². The standard InChI is InChI=1S/C15H15FN2S2/c16-13-2-1-10(7-12(13)15(17)19)8-18-5-3-14-11(9-18)4-6-20-14/h1-2,4,6-7H,3,5,8-9H2,(H2,17,19). The molecular weight excluding hydrogens is 291 g/mol. The molecule has 2 heterocycles. The molecule has 104 valence electrons. The van der Waals surface area contributed by atoms with Crippen molar-refractivity contribution < 1.29 is 4.39 Å². The Balaban J connectivity index is 1.76. The topological polar surface area (TPSA) is 29.3 Å². The lowest BCUT2D eigenvalue weighted by atomic mass is 10.1. The molecule has 2 nitrogen and oxygen atoms in total. The Morgan fingerprint density at radius 1 is 1.40 bits per heavy atom. The van der Waals surface area contributed by atoms with Gasteiger partial charge in [0.25, 0.3) is 0 Å². The Morgan fingerprint density at radius 2 is 2.25 bits per heavy atom. The zero-order valence-corrected chi connectivity index (χ0v) is 12.6. The van der Waals surface area contributed by atoms with Crippen LogP contribution in [0, 0.1) is 5.82 Å². The fourth-order valence-corrected chi connectivity index (χ4v) is 3.61. The Morgan fingerprint density at radius 3 is 3.05 bits per heavy atom. The molecule has 0 saturated heterocycles. The molecule has 1 aromatic heterocycles. The first-order valence-electron chi connectivity index (χ1n) is 6.49. The average Bonchev–Trinajstić information content (AvgIpc) is 2.88. The van der Waals surface area contributed by atoms with Gasteiger partial charge in [-0.3, -0.25) is 4.90 Å². The van der Waals surface area contributed by atoms with Crippen LogP contribution in [0.15, 0.2) is 29.6 Å². The first-order chi connectivity index (χ1) is 9.63. The van der Waals surface area contributed by atoms with E-state index < -0.39 is 0 Å². The molecule has 3 rings (SSSR count). The minimum Gasteiger partial charge on any atom is -0.389 e. The second-order valence-electron chi connectivity index (χ2n) is 5.01. The number of thiophene rings is 1. The van der Waals surface area contributed by atoms with E-state index >= 15 is 0 Å². The fraction of sp³-hybridized carbons (Fsp3) is 0.267. The van der Waals surface area contributed by atoms with Crippen molar-refractivity contribution in [2.45, 2.75) is 19.5 Å².